The summed E-state index contributed by atoms with van der Waals surface area (Å²) in [5, 5.41) is 6.00. The lowest BCUT2D eigenvalue weighted by atomic mass is 10.0. The Morgan fingerprint density at radius 3 is 2.52 bits per heavy atom. The standard InChI is InChI=1S/C36H43Cl2N5O9S2/c1-35(2,3)52-33(47)39-26-10-8-6-4-5-7-9-23-17-36(23,32(46)41-54(49,50)29-14-13-28(38)53-29)40-30(44)27-16-25(20-43(27)31(26)45)51-34(48)42-18-21-11-12-24(37)15-22(21)19-42/h7,9,11-15,23,25-27H,4-6,8,10,16-20H2,1-3H3,(H,39,47)(H,40,44)(H,41,46)/b9-7-/t23-,25+,26-,27-,36+/m0/s1. The maximum atomic E-state index is 14.4. The van der Waals surface area contributed by atoms with Gasteiger partial charge in [-0.15, -0.1) is 11.3 Å². The van der Waals surface area contributed by atoms with E-state index in [0.717, 1.165) is 28.9 Å². The number of allylic oxidation sites excluding steroid dienone is 1. The van der Waals surface area contributed by atoms with E-state index >= 15 is 0 Å². The minimum absolute atomic E-state index is 0.112. The Kier molecular flexibility index (Phi) is 11.6. The van der Waals surface area contributed by atoms with E-state index in [2.05, 4.69) is 15.4 Å². The molecule has 0 unspecified atom stereocenters. The van der Waals surface area contributed by atoms with E-state index in [0.29, 0.717) is 30.8 Å². The van der Waals surface area contributed by atoms with E-state index in [9.17, 15) is 32.4 Å². The highest BCUT2D eigenvalue weighted by molar-refractivity contribution is 7.92. The zero-order chi connectivity index (χ0) is 39.0. The lowest BCUT2D eigenvalue weighted by Gasteiger charge is -2.30. The van der Waals surface area contributed by atoms with Crippen LogP contribution in [0.2, 0.25) is 9.36 Å². The van der Waals surface area contributed by atoms with Gasteiger partial charge in [0, 0.05) is 30.5 Å². The van der Waals surface area contributed by atoms with E-state index in [4.69, 9.17) is 32.7 Å². The number of amides is 5. The molecule has 1 saturated carbocycles. The van der Waals surface area contributed by atoms with Crippen LogP contribution in [0.15, 0.2) is 46.7 Å². The van der Waals surface area contributed by atoms with Gasteiger partial charge in [0.05, 0.1) is 10.9 Å². The fourth-order valence-electron chi connectivity index (χ4n) is 7.03. The molecular formula is C36H43Cl2N5O9S2. The van der Waals surface area contributed by atoms with Gasteiger partial charge in [-0.25, -0.2) is 22.7 Å². The third-order valence-corrected chi connectivity index (χ3v) is 13.1. The van der Waals surface area contributed by atoms with Crippen molar-refractivity contribution in [3.8, 4) is 0 Å². The van der Waals surface area contributed by atoms with Crippen molar-refractivity contribution >= 4 is 74.5 Å². The van der Waals surface area contributed by atoms with Crippen LogP contribution in [0.1, 0.15) is 76.8 Å². The van der Waals surface area contributed by atoms with Crippen LogP contribution in [0.5, 0.6) is 0 Å². The van der Waals surface area contributed by atoms with E-state index in [1.54, 1.807) is 39.0 Å². The molecule has 292 valence electrons. The van der Waals surface area contributed by atoms with Gasteiger partial charge in [-0.3, -0.25) is 19.3 Å². The van der Waals surface area contributed by atoms with E-state index in [-0.39, 0.29) is 40.9 Å². The van der Waals surface area contributed by atoms with Crippen molar-refractivity contribution in [3.63, 3.8) is 0 Å². The number of hydrogen-bond donors (Lipinski definition) is 3. The zero-order valence-corrected chi connectivity index (χ0v) is 33.2. The van der Waals surface area contributed by atoms with Crippen molar-refractivity contribution in [1.82, 2.24) is 25.2 Å². The highest BCUT2D eigenvalue weighted by atomic mass is 35.5. The van der Waals surface area contributed by atoms with Crippen molar-refractivity contribution in [2.45, 2.75) is 112 Å². The molecule has 2 aromatic rings. The molecule has 6 rings (SSSR count). The monoisotopic (exact) mass is 823 g/mol. The van der Waals surface area contributed by atoms with Gasteiger partial charge in [-0.1, -0.05) is 54.3 Å². The molecule has 5 amide bonds. The quantitative estimate of drug-likeness (QED) is 0.339. The van der Waals surface area contributed by atoms with Gasteiger partial charge in [0.1, 0.15) is 33.5 Å². The van der Waals surface area contributed by atoms with Gasteiger partial charge in [0.25, 0.3) is 15.9 Å². The molecule has 18 heteroatoms. The summed E-state index contributed by atoms with van der Waals surface area (Å²) >= 11 is 12.9. The first-order chi connectivity index (χ1) is 25.4. The number of alkyl carbamates (subject to hydrolysis) is 1. The molecule has 5 atom stereocenters. The van der Waals surface area contributed by atoms with Crippen LogP contribution in [0.25, 0.3) is 0 Å². The molecule has 0 bridgehead atoms. The molecule has 14 nitrogen and oxygen atoms in total. The van der Waals surface area contributed by atoms with Gasteiger partial charge in [-0.05, 0) is 81.8 Å². The molecule has 1 aromatic carbocycles. The largest absolute Gasteiger partial charge is 0.444 e. The van der Waals surface area contributed by atoms with Crippen molar-refractivity contribution in [3.05, 3.63) is 63.0 Å². The first-order valence-corrected chi connectivity index (χ1v) is 20.8. The van der Waals surface area contributed by atoms with Crippen LogP contribution in [-0.2, 0) is 47.0 Å². The summed E-state index contributed by atoms with van der Waals surface area (Å²) in [5.41, 5.74) is -0.678. The molecule has 3 N–H and O–H groups in total. The Bertz CT molecular complexity index is 1970. The second kappa shape index (κ2) is 15.7. The van der Waals surface area contributed by atoms with Crippen molar-refractivity contribution in [1.29, 1.82) is 0 Å². The number of hydrogen-bond acceptors (Lipinski definition) is 10. The SMILES string of the molecule is CC(C)(C)OC(=O)N[C@H]1CCCCC/C=C\[C@H]2C[C@@]2(C(=O)NS(=O)(=O)c2ccc(Cl)s2)NC(=O)[C@@H]2C[C@@H](OC(=O)N3Cc4ccc(Cl)cc4C3)CN2C1=O. The van der Waals surface area contributed by atoms with Crippen molar-refractivity contribution < 1.29 is 41.9 Å². The average Bonchev–Trinajstić information content (AvgIpc) is 3.44. The van der Waals surface area contributed by atoms with Crippen LogP contribution < -0.4 is 15.4 Å². The highest BCUT2D eigenvalue weighted by Gasteiger charge is 2.62. The second-order valence-corrected chi connectivity index (χ2v) is 19.1. The topological polar surface area (TPSA) is 181 Å². The average molecular weight is 825 g/mol. The molecule has 4 aliphatic rings. The van der Waals surface area contributed by atoms with Crippen LogP contribution >= 0.6 is 34.5 Å². The fourth-order valence-corrected chi connectivity index (χ4v) is 9.75. The van der Waals surface area contributed by atoms with Crippen LogP contribution in [0.3, 0.4) is 0 Å². The summed E-state index contributed by atoms with van der Waals surface area (Å²) in [5.74, 6) is -2.78. The second-order valence-electron chi connectivity index (χ2n) is 15.0. The fraction of sp³-hybridized carbons (Fsp3) is 0.528. The minimum Gasteiger partial charge on any atom is -0.444 e. The molecule has 0 spiro atoms. The number of carbonyl (C=O) groups excluding carboxylic acids is 5. The number of nitrogens with zero attached hydrogens (tertiary/aromatic N) is 2. The maximum absolute atomic E-state index is 14.4. The lowest BCUT2D eigenvalue weighted by molar-refractivity contribution is -0.141. The lowest BCUT2D eigenvalue weighted by Crippen LogP contribution is -2.58. The van der Waals surface area contributed by atoms with E-state index < -0.39 is 75.2 Å². The number of nitrogens with one attached hydrogen (secondary N) is 3. The third-order valence-electron chi connectivity index (χ3n) is 9.79. The van der Waals surface area contributed by atoms with E-state index in [1.807, 2.05) is 12.1 Å². The van der Waals surface area contributed by atoms with Gasteiger partial charge in [0.15, 0.2) is 0 Å². The van der Waals surface area contributed by atoms with Gasteiger partial charge in [-0.2, -0.15) is 0 Å². The summed E-state index contributed by atoms with van der Waals surface area (Å²) < 4.78 is 39.8. The Morgan fingerprint density at radius 1 is 1.04 bits per heavy atom. The van der Waals surface area contributed by atoms with Gasteiger partial charge in [0.2, 0.25) is 11.8 Å². The summed E-state index contributed by atoms with van der Waals surface area (Å²) in [7, 11) is -4.32. The highest BCUT2D eigenvalue weighted by Crippen LogP contribution is 2.46. The summed E-state index contributed by atoms with van der Waals surface area (Å²) in [4.78, 5) is 71.6. The first-order valence-electron chi connectivity index (χ1n) is 17.8. The predicted molar refractivity (Wildman–Crippen MR) is 200 cm³/mol. The van der Waals surface area contributed by atoms with Crippen LogP contribution in [0, 0.1) is 5.92 Å². The number of fused-ring (bicyclic) bond motifs is 3. The predicted octanol–water partition coefficient (Wildman–Crippen LogP) is 5.27. The number of carbonyl (C=O) groups is 5. The third kappa shape index (κ3) is 9.15. The molecule has 2 fully saturated rings. The number of ether oxygens (including phenoxy) is 2. The van der Waals surface area contributed by atoms with Crippen LogP contribution in [-0.4, -0.2) is 84.0 Å². The summed E-state index contributed by atoms with van der Waals surface area (Å²) in [6.07, 6.45) is 4.25. The van der Waals surface area contributed by atoms with Gasteiger partial charge < -0.3 is 25.0 Å². The van der Waals surface area contributed by atoms with Crippen molar-refractivity contribution in [2.75, 3.05) is 6.54 Å². The first kappa shape index (κ1) is 39.8. The van der Waals surface area contributed by atoms with Crippen molar-refractivity contribution in [2.24, 2.45) is 5.92 Å². The maximum Gasteiger partial charge on any atom is 0.410 e. The molecule has 54 heavy (non-hydrogen) atoms. The number of thiophene rings is 1. The molecule has 3 aliphatic heterocycles. The van der Waals surface area contributed by atoms with Gasteiger partial charge >= 0.3 is 12.2 Å². The Morgan fingerprint density at radius 2 is 1.80 bits per heavy atom. The smallest absolute Gasteiger partial charge is 0.410 e. The molecular weight excluding hydrogens is 781 g/mol. The van der Waals surface area contributed by atoms with E-state index in [1.165, 1.54) is 21.9 Å². The Labute approximate surface area is 327 Å². The molecule has 1 aliphatic carbocycles. The Balaban J connectivity index is 1.26. The molecule has 4 heterocycles. The number of sulfonamides is 1. The summed E-state index contributed by atoms with van der Waals surface area (Å²) in [6.45, 7) is 5.48. The number of halogens is 2. The zero-order valence-electron chi connectivity index (χ0n) is 30.1. The molecule has 1 aromatic heterocycles. The number of benzene rings is 1. The Hall–Kier alpha value is -3.86. The molecule has 0 radical (unpaired) electrons. The summed E-state index contributed by atoms with van der Waals surface area (Å²) in [6, 6.07) is 5.73. The van der Waals surface area contributed by atoms with Crippen LogP contribution in [0.4, 0.5) is 9.59 Å². The molecule has 1 saturated heterocycles. The number of rotatable bonds is 5. The normalized spacial score (nSPS) is 26.6. The minimum atomic E-state index is -4.32.